The topological polar surface area (TPSA) is 77.1 Å². The summed E-state index contributed by atoms with van der Waals surface area (Å²) in [6, 6.07) is 9.82. The van der Waals surface area contributed by atoms with Crippen LogP contribution in [0.1, 0.15) is 115 Å². The second kappa shape index (κ2) is 22.5. The fourth-order valence-electron chi connectivity index (χ4n) is 5.43. The van der Waals surface area contributed by atoms with Crippen molar-refractivity contribution in [3.05, 3.63) is 47.7 Å². The molecule has 0 amide bonds. The Morgan fingerprint density at radius 1 is 0.857 bits per heavy atom. The highest BCUT2D eigenvalue weighted by molar-refractivity contribution is 7.45. The Kier molecular flexibility index (Phi) is 19.9. The number of nitrogens with zero attached hydrogens (tertiary/aromatic N) is 1. The molecule has 242 valence electrons. The largest absolute Gasteiger partial charge is 0.756 e. The Balaban J connectivity index is 1.59. The number of hydrogen-bond acceptors (Lipinski definition) is 6. The van der Waals surface area contributed by atoms with Gasteiger partial charge in [-0.1, -0.05) is 121 Å². The first kappa shape index (κ1) is 37.1. The maximum absolute atomic E-state index is 12.4. The van der Waals surface area contributed by atoms with Crippen molar-refractivity contribution in [2.24, 2.45) is 0 Å². The van der Waals surface area contributed by atoms with Gasteiger partial charge in [0.15, 0.2) is 0 Å². The molecule has 1 fully saturated rings. The molecule has 0 radical (unpaired) electrons. The molecule has 2 rings (SSSR count). The number of ether oxygens (including phenoxy) is 2. The summed E-state index contributed by atoms with van der Waals surface area (Å²) in [4.78, 5) is 12.4. The van der Waals surface area contributed by atoms with Crippen LogP contribution in [0.2, 0.25) is 0 Å². The van der Waals surface area contributed by atoms with Crippen LogP contribution >= 0.6 is 7.82 Å². The van der Waals surface area contributed by atoms with E-state index in [0.29, 0.717) is 13.2 Å². The van der Waals surface area contributed by atoms with E-state index in [-0.39, 0.29) is 19.8 Å². The lowest BCUT2D eigenvalue weighted by Crippen LogP contribution is -2.34. The predicted octanol–water partition coefficient (Wildman–Crippen LogP) is 8.33. The normalized spacial score (nSPS) is 18.0. The summed E-state index contributed by atoms with van der Waals surface area (Å²) in [7, 11) is -0.205. The van der Waals surface area contributed by atoms with Gasteiger partial charge in [0, 0.05) is 19.4 Å². The summed E-state index contributed by atoms with van der Waals surface area (Å²) in [5.41, 5.74) is 2.20. The third-order valence-corrected chi connectivity index (χ3v) is 9.10. The van der Waals surface area contributed by atoms with E-state index >= 15 is 0 Å². The van der Waals surface area contributed by atoms with Gasteiger partial charge in [-0.3, -0.25) is 9.05 Å². The third kappa shape index (κ3) is 17.9. The van der Waals surface area contributed by atoms with Crippen molar-refractivity contribution >= 4 is 7.82 Å². The minimum Gasteiger partial charge on any atom is -0.756 e. The molecule has 8 heteroatoms. The first-order valence-corrected chi connectivity index (χ1v) is 18.1. The van der Waals surface area contributed by atoms with Gasteiger partial charge in [0.25, 0.3) is 7.82 Å². The third-order valence-electron chi connectivity index (χ3n) is 8.17. The van der Waals surface area contributed by atoms with Crippen molar-refractivity contribution in [2.45, 2.75) is 122 Å². The second-order valence-corrected chi connectivity index (χ2v) is 13.7. The maximum atomic E-state index is 12.4. The Hall–Kier alpha value is -1.05. The molecule has 0 aliphatic carbocycles. The number of rotatable bonds is 26. The molecule has 1 aliphatic rings. The second-order valence-electron chi connectivity index (χ2n) is 12.3. The number of phosphoric acid groups is 1. The smallest absolute Gasteiger partial charge is 0.268 e. The summed E-state index contributed by atoms with van der Waals surface area (Å²) in [6.45, 7) is 4.45. The van der Waals surface area contributed by atoms with Gasteiger partial charge in [-0.2, -0.15) is 0 Å². The van der Waals surface area contributed by atoms with Crippen molar-refractivity contribution in [1.82, 2.24) is 0 Å². The number of unbranched alkanes of at least 4 members (excludes halogenated alkanes) is 13. The highest BCUT2D eigenvalue weighted by Gasteiger charge is 2.28. The van der Waals surface area contributed by atoms with Crippen LogP contribution in [0.25, 0.3) is 0 Å². The molecule has 0 aromatic heterocycles. The lowest BCUT2D eigenvalue weighted by Gasteiger charge is -2.27. The van der Waals surface area contributed by atoms with Gasteiger partial charge in [0.2, 0.25) is 0 Å². The zero-order chi connectivity index (χ0) is 30.4. The minimum atomic E-state index is -4.45. The van der Waals surface area contributed by atoms with Crippen LogP contribution in [-0.4, -0.2) is 57.7 Å². The lowest BCUT2D eigenvalue weighted by molar-refractivity contribution is -0.842. The van der Waals surface area contributed by atoms with Crippen LogP contribution in [0.3, 0.4) is 0 Å². The molecular formula is C34H60NO6P. The Labute approximate surface area is 257 Å². The molecule has 0 bridgehead atoms. The molecule has 7 nitrogen and oxygen atoms in total. The molecule has 0 N–H and O–H groups in total. The van der Waals surface area contributed by atoms with E-state index in [1.807, 2.05) is 36.4 Å². The van der Waals surface area contributed by atoms with E-state index in [4.69, 9.17) is 18.5 Å². The summed E-state index contributed by atoms with van der Waals surface area (Å²) in [5, 5.41) is 0. The van der Waals surface area contributed by atoms with Gasteiger partial charge in [-0.15, -0.1) is 0 Å². The van der Waals surface area contributed by atoms with Gasteiger partial charge >= 0.3 is 0 Å². The van der Waals surface area contributed by atoms with Crippen molar-refractivity contribution in [3.8, 4) is 0 Å². The van der Waals surface area contributed by atoms with Gasteiger partial charge in [0.1, 0.15) is 11.8 Å². The van der Waals surface area contributed by atoms with E-state index in [2.05, 4.69) is 21.0 Å². The number of allylic oxidation sites excluding steroid dienone is 1. The summed E-state index contributed by atoms with van der Waals surface area (Å²) in [6.07, 6.45) is 21.9. The predicted molar refractivity (Wildman–Crippen MR) is 170 cm³/mol. The molecule has 0 spiro atoms. The van der Waals surface area contributed by atoms with E-state index in [0.717, 1.165) is 42.3 Å². The number of hydrogen-bond donors (Lipinski definition) is 0. The molecular weight excluding hydrogens is 549 g/mol. The Morgan fingerprint density at radius 3 is 2.02 bits per heavy atom. The van der Waals surface area contributed by atoms with Crippen LogP contribution in [0.5, 0.6) is 0 Å². The fourth-order valence-corrected chi connectivity index (χ4v) is 6.11. The number of quaternary nitrogens is 1. The van der Waals surface area contributed by atoms with Gasteiger partial charge in [-0.25, -0.2) is 0 Å². The minimum absolute atomic E-state index is 0.0110. The maximum Gasteiger partial charge on any atom is 0.268 e. The number of phosphoric ester groups is 1. The highest BCUT2D eigenvalue weighted by atomic mass is 31.2. The average Bonchev–Trinajstić information content (AvgIpc) is 3.31. The van der Waals surface area contributed by atoms with E-state index in [9.17, 15) is 9.46 Å². The Bertz CT molecular complexity index is 878. The van der Waals surface area contributed by atoms with Crippen molar-refractivity contribution < 1.29 is 32.5 Å². The monoisotopic (exact) mass is 609 g/mol. The molecule has 1 aliphatic heterocycles. The molecule has 1 aromatic rings. The van der Waals surface area contributed by atoms with Crippen LogP contribution in [0.15, 0.2) is 42.1 Å². The number of likely N-dealkylation sites (tertiary alicyclic amines) is 1. The number of benzene rings is 1. The summed E-state index contributed by atoms with van der Waals surface area (Å²) in [5.74, 6) is 0. The van der Waals surface area contributed by atoms with E-state index in [1.165, 1.54) is 82.7 Å². The molecule has 2 unspecified atom stereocenters. The van der Waals surface area contributed by atoms with E-state index < -0.39 is 13.9 Å². The van der Waals surface area contributed by atoms with E-state index in [1.54, 1.807) is 0 Å². The quantitative estimate of drug-likeness (QED) is 0.0597. The van der Waals surface area contributed by atoms with Crippen molar-refractivity contribution in [3.63, 3.8) is 0 Å². The SMILES string of the molecule is CCCCCCCCCCCCCCCCOCC(COP(=O)([O-])OCC=C1CCC[N+]1(C)C)OCc1ccccc1. The van der Waals surface area contributed by atoms with Gasteiger partial charge < -0.3 is 23.4 Å². The zero-order valence-electron chi connectivity index (χ0n) is 26.9. The van der Waals surface area contributed by atoms with Gasteiger partial charge in [0.05, 0.1) is 47.1 Å². The fraction of sp³-hybridized carbons (Fsp3) is 0.765. The van der Waals surface area contributed by atoms with Crippen LogP contribution < -0.4 is 4.89 Å². The average molecular weight is 610 g/mol. The highest BCUT2D eigenvalue weighted by Crippen LogP contribution is 2.39. The summed E-state index contributed by atoms with van der Waals surface area (Å²) >= 11 is 0. The zero-order valence-corrected chi connectivity index (χ0v) is 27.8. The molecule has 1 saturated heterocycles. The van der Waals surface area contributed by atoms with Crippen molar-refractivity contribution in [2.75, 3.05) is 47.1 Å². The molecule has 0 saturated carbocycles. The first-order valence-electron chi connectivity index (χ1n) is 16.7. The van der Waals surface area contributed by atoms with Gasteiger partial charge in [-0.05, 0) is 18.1 Å². The Morgan fingerprint density at radius 2 is 1.45 bits per heavy atom. The lowest BCUT2D eigenvalue weighted by atomic mass is 10.0. The summed E-state index contributed by atoms with van der Waals surface area (Å²) < 4.78 is 35.4. The standard InChI is InChI=1S/C34H60NO6P/c1-4-5-6-7-8-9-10-11-12-13-14-15-16-20-27-38-30-34(39-29-32-22-18-17-19-23-32)31-41-42(36,37)40-28-25-33-24-21-26-35(33,2)3/h17-19,22-23,25,34H,4-16,20-21,24,26-31H2,1-3H3. The molecule has 1 heterocycles. The molecule has 1 aromatic carbocycles. The molecule has 42 heavy (non-hydrogen) atoms. The first-order chi connectivity index (χ1) is 20.3. The van der Waals surface area contributed by atoms with Crippen LogP contribution in [0, 0.1) is 0 Å². The van der Waals surface area contributed by atoms with Crippen LogP contribution in [0.4, 0.5) is 0 Å². The van der Waals surface area contributed by atoms with Crippen molar-refractivity contribution in [1.29, 1.82) is 0 Å². The van der Waals surface area contributed by atoms with Crippen LogP contribution in [-0.2, 0) is 29.7 Å². The molecule has 2 atom stereocenters.